The molecule has 1 N–H and O–H groups in total. The van der Waals surface area contributed by atoms with E-state index < -0.39 is 0 Å². The Morgan fingerprint density at radius 1 is 1.25 bits per heavy atom. The Kier molecular flexibility index (Phi) is 2.95. The summed E-state index contributed by atoms with van der Waals surface area (Å²) in [5.41, 5.74) is 6.01. The summed E-state index contributed by atoms with van der Waals surface area (Å²) in [5, 5.41) is 11.7. The standard InChI is InChI=1S/C11H12N4O/c1-8(11-9(2)14-16-15-11)12-13-10-6-4-3-5-7-10/h3-7,13H,1-2H3. The summed E-state index contributed by atoms with van der Waals surface area (Å²) < 4.78 is 4.61. The number of nitrogens with zero attached hydrogens (tertiary/aromatic N) is 3. The van der Waals surface area contributed by atoms with Crippen LogP contribution >= 0.6 is 0 Å². The zero-order valence-corrected chi connectivity index (χ0v) is 9.14. The number of anilines is 1. The number of para-hydroxylation sites is 1. The molecule has 1 aromatic carbocycles. The van der Waals surface area contributed by atoms with Crippen molar-refractivity contribution in [3.8, 4) is 0 Å². The summed E-state index contributed by atoms with van der Waals surface area (Å²) in [6.07, 6.45) is 0. The van der Waals surface area contributed by atoms with Gasteiger partial charge in [0.2, 0.25) is 0 Å². The fourth-order valence-electron chi connectivity index (χ4n) is 1.27. The van der Waals surface area contributed by atoms with Crippen LogP contribution in [0.15, 0.2) is 40.1 Å². The minimum Gasteiger partial charge on any atom is -0.278 e. The molecule has 0 spiro atoms. The Morgan fingerprint density at radius 2 is 2.00 bits per heavy atom. The Balaban J connectivity index is 2.12. The summed E-state index contributed by atoms with van der Waals surface area (Å²) in [4.78, 5) is 0. The highest BCUT2D eigenvalue weighted by Crippen LogP contribution is 2.07. The van der Waals surface area contributed by atoms with E-state index in [9.17, 15) is 0 Å². The Morgan fingerprint density at radius 3 is 2.62 bits per heavy atom. The summed E-state index contributed by atoms with van der Waals surface area (Å²) in [7, 11) is 0. The SMILES string of the molecule is CC(=NNc1ccccc1)c1nonc1C. The van der Waals surface area contributed by atoms with Crippen LogP contribution < -0.4 is 5.43 Å². The van der Waals surface area contributed by atoms with E-state index in [0.717, 1.165) is 17.1 Å². The van der Waals surface area contributed by atoms with Crippen LogP contribution in [0, 0.1) is 6.92 Å². The molecule has 0 aliphatic carbocycles. The van der Waals surface area contributed by atoms with Gasteiger partial charge in [-0.3, -0.25) is 5.43 Å². The number of nitrogens with one attached hydrogen (secondary N) is 1. The third kappa shape index (κ3) is 2.25. The molecule has 0 bridgehead atoms. The lowest BCUT2D eigenvalue weighted by Gasteiger charge is -2.00. The first-order valence-electron chi connectivity index (χ1n) is 4.92. The first-order valence-corrected chi connectivity index (χ1v) is 4.92. The minimum absolute atomic E-state index is 0.670. The van der Waals surface area contributed by atoms with Crippen LogP contribution in [-0.4, -0.2) is 16.0 Å². The van der Waals surface area contributed by atoms with Gasteiger partial charge < -0.3 is 0 Å². The van der Waals surface area contributed by atoms with Gasteiger partial charge in [0, 0.05) is 0 Å². The fraction of sp³-hybridized carbons (Fsp3) is 0.182. The predicted molar refractivity (Wildman–Crippen MR) is 61.3 cm³/mol. The second kappa shape index (κ2) is 4.57. The number of hydrogen-bond donors (Lipinski definition) is 1. The lowest BCUT2D eigenvalue weighted by atomic mass is 10.2. The van der Waals surface area contributed by atoms with Crippen molar-refractivity contribution < 1.29 is 4.63 Å². The van der Waals surface area contributed by atoms with E-state index >= 15 is 0 Å². The maximum absolute atomic E-state index is 4.61. The average Bonchev–Trinajstić information content (AvgIpc) is 2.74. The number of rotatable bonds is 3. The van der Waals surface area contributed by atoms with Gasteiger partial charge in [-0.2, -0.15) is 5.10 Å². The molecule has 0 aliphatic heterocycles. The maximum atomic E-state index is 4.61. The molecule has 0 aliphatic rings. The van der Waals surface area contributed by atoms with Gasteiger partial charge in [-0.05, 0) is 31.1 Å². The molecule has 0 unspecified atom stereocenters. The molecule has 0 radical (unpaired) electrons. The molecule has 0 saturated heterocycles. The average molecular weight is 216 g/mol. The van der Waals surface area contributed by atoms with Gasteiger partial charge in [0.1, 0.15) is 5.69 Å². The number of aryl methyl sites for hydroxylation is 1. The third-order valence-electron chi connectivity index (χ3n) is 2.12. The molecule has 1 heterocycles. The minimum atomic E-state index is 0.670. The first-order chi connectivity index (χ1) is 7.77. The molecule has 1 aromatic heterocycles. The molecular formula is C11H12N4O. The third-order valence-corrected chi connectivity index (χ3v) is 2.12. The molecule has 5 heteroatoms. The molecule has 0 amide bonds. The van der Waals surface area contributed by atoms with Gasteiger partial charge in [0.25, 0.3) is 0 Å². The lowest BCUT2D eigenvalue weighted by Crippen LogP contribution is -2.01. The van der Waals surface area contributed by atoms with Crippen molar-refractivity contribution in [2.45, 2.75) is 13.8 Å². The molecule has 0 atom stereocenters. The predicted octanol–water partition coefficient (Wildman–Crippen LogP) is 2.21. The lowest BCUT2D eigenvalue weighted by molar-refractivity contribution is 0.304. The highest BCUT2D eigenvalue weighted by atomic mass is 16.6. The Hall–Kier alpha value is -2.17. The fourth-order valence-corrected chi connectivity index (χ4v) is 1.27. The Labute approximate surface area is 93.1 Å². The van der Waals surface area contributed by atoms with Crippen molar-refractivity contribution >= 4 is 11.4 Å². The second-order valence-electron chi connectivity index (χ2n) is 3.37. The highest BCUT2D eigenvalue weighted by molar-refractivity contribution is 5.97. The summed E-state index contributed by atoms with van der Waals surface area (Å²) in [5.74, 6) is 0. The monoisotopic (exact) mass is 216 g/mol. The van der Waals surface area contributed by atoms with Crippen LogP contribution in [0.3, 0.4) is 0 Å². The van der Waals surface area contributed by atoms with Crippen LogP contribution in [0.5, 0.6) is 0 Å². The molecule has 16 heavy (non-hydrogen) atoms. The van der Waals surface area contributed by atoms with E-state index in [1.807, 2.05) is 44.2 Å². The van der Waals surface area contributed by atoms with Gasteiger partial charge in [0.15, 0.2) is 5.69 Å². The molecule has 2 aromatic rings. The zero-order valence-electron chi connectivity index (χ0n) is 9.14. The van der Waals surface area contributed by atoms with Crippen LogP contribution in [0.4, 0.5) is 5.69 Å². The summed E-state index contributed by atoms with van der Waals surface area (Å²) in [6, 6.07) is 9.70. The largest absolute Gasteiger partial charge is 0.278 e. The summed E-state index contributed by atoms with van der Waals surface area (Å²) in [6.45, 7) is 3.68. The molecule has 82 valence electrons. The first kappa shape index (κ1) is 10.4. The number of aromatic nitrogens is 2. The quantitative estimate of drug-likeness (QED) is 0.631. The van der Waals surface area contributed by atoms with Gasteiger partial charge in [-0.15, -0.1) is 0 Å². The van der Waals surface area contributed by atoms with E-state index in [2.05, 4.69) is 25.5 Å². The molecular weight excluding hydrogens is 204 g/mol. The van der Waals surface area contributed by atoms with Crippen LogP contribution in [-0.2, 0) is 0 Å². The number of hydrogen-bond acceptors (Lipinski definition) is 5. The van der Waals surface area contributed by atoms with E-state index in [0.29, 0.717) is 5.69 Å². The van der Waals surface area contributed by atoms with E-state index in [-0.39, 0.29) is 0 Å². The zero-order chi connectivity index (χ0) is 11.4. The maximum Gasteiger partial charge on any atom is 0.153 e. The molecule has 0 fully saturated rings. The number of benzene rings is 1. The molecule has 5 nitrogen and oxygen atoms in total. The van der Waals surface area contributed by atoms with Crippen LogP contribution in [0.25, 0.3) is 0 Å². The van der Waals surface area contributed by atoms with Crippen LogP contribution in [0.1, 0.15) is 18.3 Å². The van der Waals surface area contributed by atoms with E-state index in [1.54, 1.807) is 0 Å². The van der Waals surface area contributed by atoms with Crippen molar-refractivity contribution in [3.63, 3.8) is 0 Å². The van der Waals surface area contributed by atoms with Gasteiger partial charge >= 0.3 is 0 Å². The van der Waals surface area contributed by atoms with Crippen molar-refractivity contribution in [3.05, 3.63) is 41.7 Å². The van der Waals surface area contributed by atoms with Gasteiger partial charge in [0.05, 0.1) is 11.4 Å². The van der Waals surface area contributed by atoms with Crippen molar-refractivity contribution in [2.24, 2.45) is 5.10 Å². The van der Waals surface area contributed by atoms with Gasteiger partial charge in [-0.25, -0.2) is 4.63 Å². The second-order valence-corrected chi connectivity index (χ2v) is 3.37. The van der Waals surface area contributed by atoms with Crippen molar-refractivity contribution in [1.29, 1.82) is 0 Å². The van der Waals surface area contributed by atoms with Crippen molar-refractivity contribution in [1.82, 2.24) is 10.3 Å². The van der Waals surface area contributed by atoms with Crippen molar-refractivity contribution in [2.75, 3.05) is 5.43 Å². The normalized spacial score (nSPS) is 11.5. The topological polar surface area (TPSA) is 63.3 Å². The van der Waals surface area contributed by atoms with Gasteiger partial charge in [-0.1, -0.05) is 23.4 Å². The molecule has 2 rings (SSSR count). The van der Waals surface area contributed by atoms with Crippen LogP contribution in [0.2, 0.25) is 0 Å². The van der Waals surface area contributed by atoms with E-state index in [4.69, 9.17) is 0 Å². The summed E-state index contributed by atoms with van der Waals surface area (Å²) >= 11 is 0. The highest BCUT2D eigenvalue weighted by Gasteiger charge is 2.07. The van der Waals surface area contributed by atoms with E-state index in [1.165, 1.54) is 0 Å². The number of hydrazone groups is 1. The Bertz CT molecular complexity index is 490. The smallest absolute Gasteiger partial charge is 0.153 e. The molecule has 0 saturated carbocycles.